The minimum absolute atomic E-state index is 0.552. The van der Waals surface area contributed by atoms with Crippen LogP contribution in [0.5, 0.6) is 0 Å². The first-order chi connectivity index (χ1) is 7.63. The molecule has 0 aromatic heterocycles. The van der Waals surface area contributed by atoms with Gasteiger partial charge in [-0.3, -0.25) is 0 Å². The van der Waals surface area contributed by atoms with Gasteiger partial charge in [0.1, 0.15) is 6.29 Å². The van der Waals surface area contributed by atoms with Crippen molar-refractivity contribution < 1.29 is 4.79 Å². The minimum Gasteiger partial charge on any atom is -0.303 e. The number of carbonyl (C=O) groups is 1. The van der Waals surface area contributed by atoms with Crippen LogP contribution in [0.3, 0.4) is 0 Å². The van der Waals surface area contributed by atoms with Gasteiger partial charge in [-0.15, -0.1) is 0 Å². The van der Waals surface area contributed by atoms with Crippen molar-refractivity contribution in [3.8, 4) is 0 Å². The molecule has 16 heavy (non-hydrogen) atoms. The van der Waals surface area contributed by atoms with Gasteiger partial charge in [0.2, 0.25) is 0 Å². The Morgan fingerprint density at radius 2 is 2.06 bits per heavy atom. The lowest BCUT2D eigenvalue weighted by atomic mass is 9.89. The van der Waals surface area contributed by atoms with E-state index in [0.29, 0.717) is 12.3 Å². The van der Waals surface area contributed by atoms with Crippen LogP contribution < -0.4 is 0 Å². The molecule has 0 heterocycles. The lowest BCUT2D eigenvalue weighted by Crippen LogP contribution is -2.00. The first-order valence-electron chi connectivity index (χ1n) is 6.20. The van der Waals surface area contributed by atoms with Gasteiger partial charge in [0.25, 0.3) is 0 Å². The van der Waals surface area contributed by atoms with Gasteiger partial charge < -0.3 is 4.79 Å². The zero-order valence-corrected chi connectivity index (χ0v) is 10.4. The van der Waals surface area contributed by atoms with Crippen LogP contribution in [0.15, 0.2) is 12.1 Å². The van der Waals surface area contributed by atoms with Crippen molar-refractivity contribution in [2.75, 3.05) is 0 Å². The molecule has 1 aliphatic carbocycles. The monoisotopic (exact) mass is 216 g/mol. The molecule has 1 fully saturated rings. The van der Waals surface area contributed by atoms with Crippen LogP contribution >= 0.6 is 0 Å². The highest BCUT2D eigenvalue weighted by Crippen LogP contribution is 2.44. The molecule has 0 saturated heterocycles. The molecule has 0 N–H and O–H groups in total. The normalized spacial score (nSPS) is 15.5. The molecule has 0 aliphatic heterocycles. The Hall–Kier alpha value is -1.11. The second-order valence-corrected chi connectivity index (χ2v) is 5.21. The van der Waals surface area contributed by atoms with Crippen molar-refractivity contribution in [3.63, 3.8) is 0 Å². The van der Waals surface area contributed by atoms with E-state index in [1.54, 1.807) is 0 Å². The fourth-order valence-electron chi connectivity index (χ4n) is 2.35. The van der Waals surface area contributed by atoms with Crippen LogP contribution in [-0.2, 0) is 11.2 Å². The second kappa shape index (κ2) is 4.40. The summed E-state index contributed by atoms with van der Waals surface area (Å²) in [5.41, 5.74) is 5.45. The third kappa shape index (κ3) is 2.18. The maximum Gasteiger partial charge on any atom is 0.124 e. The molecular formula is C15H20O. The summed E-state index contributed by atoms with van der Waals surface area (Å²) < 4.78 is 0. The van der Waals surface area contributed by atoms with Crippen LogP contribution in [0.1, 0.15) is 60.8 Å². The second-order valence-electron chi connectivity index (χ2n) is 5.21. The van der Waals surface area contributed by atoms with Crippen molar-refractivity contribution in [2.45, 2.75) is 51.9 Å². The number of rotatable bonds is 4. The third-order valence-corrected chi connectivity index (χ3v) is 3.48. The summed E-state index contributed by atoms with van der Waals surface area (Å²) >= 11 is 0. The van der Waals surface area contributed by atoms with E-state index < -0.39 is 0 Å². The minimum atomic E-state index is 0.552. The molecule has 86 valence electrons. The molecule has 1 aromatic rings. The quantitative estimate of drug-likeness (QED) is 0.701. The van der Waals surface area contributed by atoms with E-state index in [0.717, 1.165) is 12.2 Å². The molecule has 1 aromatic carbocycles. The fourth-order valence-corrected chi connectivity index (χ4v) is 2.35. The van der Waals surface area contributed by atoms with Gasteiger partial charge in [0.05, 0.1) is 0 Å². The summed E-state index contributed by atoms with van der Waals surface area (Å²) in [7, 11) is 0. The molecule has 0 amide bonds. The number of hydrogen-bond donors (Lipinski definition) is 0. The summed E-state index contributed by atoms with van der Waals surface area (Å²) in [4.78, 5) is 10.6. The van der Waals surface area contributed by atoms with Gasteiger partial charge in [-0.25, -0.2) is 0 Å². The van der Waals surface area contributed by atoms with E-state index in [2.05, 4.69) is 32.9 Å². The Kier molecular flexibility index (Phi) is 3.13. The van der Waals surface area contributed by atoms with E-state index >= 15 is 0 Å². The van der Waals surface area contributed by atoms with Crippen molar-refractivity contribution in [2.24, 2.45) is 0 Å². The maximum atomic E-state index is 10.6. The van der Waals surface area contributed by atoms with Crippen molar-refractivity contribution >= 4 is 6.29 Å². The zero-order valence-electron chi connectivity index (χ0n) is 10.4. The van der Waals surface area contributed by atoms with Gasteiger partial charge in [-0.2, -0.15) is 0 Å². The lowest BCUT2D eigenvalue weighted by molar-refractivity contribution is -0.107. The molecule has 1 nitrogen and oxygen atoms in total. The largest absolute Gasteiger partial charge is 0.303 e. The molecule has 0 atom stereocenters. The smallest absolute Gasteiger partial charge is 0.124 e. The van der Waals surface area contributed by atoms with Crippen LogP contribution in [0, 0.1) is 6.92 Å². The molecule has 0 radical (unpaired) electrons. The summed E-state index contributed by atoms with van der Waals surface area (Å²) in [6, 6.07) is 4.56. The highest BCUT2D eigenvalue weighted by Gasteiger charge is 2.27. The van der Waals surface area contributed by atoms with Crippen LogP contribution in [-0.4, -0.2) is 6.29 Å². The van der Waals surface area contributed by atoms with E-state index in [9.17, 15) is 4.79 Å². The number of carbonyl (C=O) groups excluding carboxylic acids is 1. The van der Waals surface area contributed by atoms with Crippen LogP contribution in [0.25, 0.3) is 0 Å². The average Bonchev–Trinajstić information content (AvgIpc) is 3.04. The molecule has 1 saturated carbocycles. The summed E-state index contributed by atoms with van der Waals surface area (Å²) in [6.45, 7) is 6.59. The molecule has 0 unspecified atom stereocenters. The predicted molar refractivity (Wildman–Crippen MR) is 67.0 cm³/mol. The Balaban J connectivity index is 2.45. The average molecular weight is 216 g/mol. The van der Waals surface area contributed by atoms with E-state index in [4.69, 9.17) is 0 Å². The Morgan fingerprint density at radius 1 is 1.38 bits per heavy atom. The molecule has 0 spiro atoms. The third-order valence-electron chi connectivity index (χ3n) is 3.48. The molecular weight excluding hydrogens is 196 g/mol. The van der Waals surface area contributed by atoms with Crippen LogP contribution in [0.2, 0.25) is 0 Å². The first-order valence-corrected chi connectivity index (χ1v) is 6.20. The van der Waals surface area contributed by atoms with Gasteiger partial charge in [0, 0.05) is 6.42 Å². The van der Waals surface area contributed by atoms with Crippen molar-refractivity contribution in [1.29, 1.82) is 0 Å². The standard InChI is InChI=1S/C15H20O/c1-10(2)14-9-13(6-7-16)11(3)8-15(14)12-4-5-12/h7-10,12H,4-6H2,1-3H3. The molecule has 1 aliphatic rings. The summed E-state index contributed by atoms with van der Waals surface area (Å²) in [6.07, 6.45) is 4.23. The predicted octanol–water partition coefficient (Wildman–Crippen LogP) is 3.74. The summed E-state index contributed by atoms with van der Waals surface area (Å²) in [5.74, 6) is 1.35. The van der Waals surface area contributed by atoms with Crippen molar-refractivity contribution in [1.82, 2.24) is 0 Å². The van der Waals surface area contributed by atoms with E-state index in [-0.39, 0.29) is 0 Å². The number of benzene rings is 1. The lowest BCUT2D eigenvalue weighted by Gasteiger charge is -2.16. The van der Waals surface area contributed by atoms with Gasteiger partial charge in [0.15, 0.2) is 0 Å². The highest BCUT2D eigenvalue weighted by atomic mass is 16.1. The van der Waals surface area contributed by atoms with Crippen molar-refractivity contribution in [3.05, 3.63) is 34.4 Å². The zero-order chi connectivity index (χ0) is 11.7. The highest BCUT2D eigenvalue weighted by molar-refractivity contribution is 5.57. The number of aldehydes is 1. The molecule has 0 bridgehead atoms. The van der Waals surface area contributed by atoms with Crippen LogP contribution in [0.4, 0.5) is 0 Å². The van der Waals surface area contributed by atoms with E-state index in [1.807, 2.05) is 0 Å². The Labute approximate surface area is 97.9 Å². The number of hydrogen-bond acceptors (Lipinski definition) is 1. The first kappa shape index (κ1) is 11.4. The summed E-state index contributed by atoms with van der Waals surface area (Å²) in [5, 5.41) is 0. The molecule has 1 heteroatoms. The fraction of sp³-hybridized carbons (Fsp3) is 0.533. The van der Waals surface area contributed by atoms with Gasteiger partial charge in [-0.05, 0) is 53.9 Å². The topological polar surface area (TPSA) is 17.1 Å². The Bertz CT molecular complexity index is 400. The molecule has 2 rings (SSSR count). The maximum absolute atomic E-state index is 10.6. The van der Waals surface area contributed by atoms with Gasteiger partial charge >= 0.3 is 0 Å². The number of aryl methyl sites for hydroxylation is 1. The van der Waals surface area contributed by atoms with Gasteiger partial charge in [-0.1, -0.05) is 26.0 Å². The SMILES string of the molecule is Cc1cc(C2CC2)c(C(C)C)cc1CC=O. The van der Waals surface area contributed by atoms with E-state index in [1.165, 1.54) is 35.1 Å². The Morgan fingerprint density at radius 3 is 2.56 bits per heavy atom.